The molecule has 0 aliphatic heterocycles. The number of carbonyl (C=O) groups is 2. The smallest absolute Gasteiger partial charge is 0.305 e. The van der Waals surface area contributed by atoms with Crippen molar-refractivity contribution in [2.75, 3.05) is 7.11 Å². The SMILES string of the molecule is CC[C@H]1CC2C3CCC(CCCC(=O)OC)C3(C)CC[C@@H]2C2(C)CCC(C=O)CC12. The van der Waals surface area contributed by atoms with E-state index in [4.69, 9.17) is 4.74 Å². The molecule has 0 aromatic rings. The topological polar surface area (TPSA) is 43.4 Å². The van der Waals surface area contributed by atoms with Crippen molar-refractivity contribution in [3.63, 3.8) is 0 Å². The highest BCUT2D eigenvalue weighted by Gasteiger charge is 2.61. The number of hydrogen-bond donors (Lipinski definition) is 0. The summed E-state index contributed by atoms with van der Waals surface area (Å²) in [5.74, 6) is 5.22. The van der Waals surface area contributed by atoms with Crippen LogP contribution in [0.1, 0.15) is 97.8 Å². The van der Waals surface area contributed by atoms with E-state index in [0.717, 1.165) is 54.8 Å². The summed E-state index contributed by atoms with van der Waals surface area (Å²) in [5, 5.41) is 0. The van der Waals surface area contributed by atoms with Crippen LogP contribution in [0.15, 0.2) is 0 Å². The van der Waals surface area contributed by atoms with Crippen molar-refractivity contribution in [3.8, 4) is 0 Å². The summed E-state index contributed by atoms with van der Waals surface area (Å²) >= 11 is 0. The Morgan fingerprint density at radius 3 is 2.43 bits per heavy atom. The molecule has 3 heteroatoms. The number of methoxy groups -OCH3 is 1. The molecule has 4 fully saturated rings. The molecule has 30 heavy (non-hydrogen) atoms. The molecular formula is C27H44O3. The number of hydrogen-bond acceptors (Lipinski definition) is 3. The Kier molecular flexibility index (Phi) is 6.39. The first kappa shape index (κ1) is 22.3. The van der Waals surface area contributed by atoms with E-state index in [-0.39, 0.29) is 5.97 Å². The van der Waals surface area contributed by atoms with Crippen LogP contribution in [0.25, 0.3) is 0 Å². The largest absolute Gasteiger partial charge is 0.469 e. The molecule has 0 aromatic carbocycles. The van der Waals surface area contributed by atoms with E-state index in [2.05, 4.69) is 20.8 Å². The number of fused-ring (bicyclic) bond motifs is 5. The maximum absolute atomic E-state index is 11.6. The molecule has 0 saturated heterocycles. The highest BCUT2D eigenvalue weighted by molar-refractivity contribution is 5.68. The van der Waals surface area contributed by atoms with E-state index in [0.29, 0.717) is 23.2 Å². The zero-order valence-electron chi connectivity index (χ0n) is 19.8. The first-order valence-electron chi connectivity index (χ1n) is 12.9. The average molecular weight is 417 g/mol. The van der Waals surface area contributed by atoms with Crippen molar-refractivity contribution >= 4 is 12.3 Å². The Bertz CT molecular complexity index is 644. The molecule has 170 valence electrons. The van der Waals surface area contributed by atoms with Crippen molar-refractivity contribution in [3.05, 3.63) is 0 Å². The lowest BCUT2D eigenvalue weighted by Gasteiger charge is -2.63. The zero-order valence-corrected chi connectivity index (χ0v) is 19.8. The second-order valence-electron chi connectivity index (χ2n) is 11.9. The average Bonchev–Trinajstić information content (AvgIpc) is 3.09. The molecule has 3 nitrogen and oxygen atoms in total. The minimum absolute atomic E-state index is 0.0543. The summed E-state index contributed by atoms with van der Waals surface area (Å²) in [6, 6.07) is 0. The van der Waals surface area contributed by atoms with Crippen LogP contribution in [0.5, 0.6) is 0 Å². The van der Waals surface area contributed by atoms with Gasteiger partial charge in [0.25, 0.3) is 0 Å². The van der Waals surface area contributed by atoms with Gasteiger partial charge in [0.1, 0.15) is 6.29 Å². The third-order valence-corrected chi connectivity index (χ3v) is 11.0. The minimum atomic E-state index is -0.0543. The highest BCUT2D eigenvalue weighted by Crippen LogP contribution is 2.69. The lowest BCUT2D eigenvalue weighted by atomic mass is 9.42. The summed E-state index contributed by atoms with van der Waals surface area (Å²) in [4.78, 5) is 23.1. The summed E-state index contributed by atoms with van der Waals surface area (Å²) in [7, 11) is 1.50. The fourth-order valence-corrected chi connectivity index (χ4v) is 9.29. The van der Waals surface area contributed by atoms with Gasteiger partial charge in [-0.15, -0.1) is 0 Å². The fourth-order valence-electron chi connectivity index (χ4n) is 9.29. The lowest BCUT2D eigenvalue weighted by Crippen LogP contribution is -2.56. The molecule has 7 unspecified atom stereocenters. The summed E-state index contributed by atoms with van der Waals surface area (Å²) in [6.45, 7) is 7.61. The van der Waals surface area contributed by atoms with Gasteiger partial charge in [-0.25, -0.2) is 0 Å². The predicted octanol–water partition coefficient (Wildman–Crippen LogP) is 6.44. The van der Waals surface area contributed by atoms with Crippen LogP contribution in [-0.4, -0.2) is 19.4 Å². The Hall–Kier alpha value is -0.860. The van der Waals surface area contributed by atoms with Crippen LogP contribution in [0.4, 0.5) is 0 Å². The molecule has 0 amide bonds. The Balaban J connectivity index is 1.51. The van der Waals surface area contributed by atoms with Crippen molar-refractivity contribution in [2.24, 2.45) is 52.3 Å². The summed E-state index contributed by atoms with van der Waals surface area (Å²) < 4.78 is 4.86. The van der Waals surface area contributed by atoms with E-state index in [9.17, 15) is 9.59 Å². The summed E-state index contributed by atoms with van der Waals surface area (Å²) in [6.07, 6.45) is 15.8. The second-order valence-corrected chi connectivity index (χ2v) is 11.9. The van der Waals surface area contributed by atoms with Gasteiger partial charge in [0.05, 0.1) is 7.11 Å². The van der Waals surface area contributed by atoms with Gasteiger partial charge in [-0.05, 0) is 111 Å². The van der Waals surface area contributed by atoms with Crippen molar-refractivity contribution in [1.29, 1.82) is 0 Å². The van der Waals surface area contributed by atoms with Gasteiger partial charge >= 0.3 is 5.97 Å². The maximum atomic E-state index is 11.6. The molecule has 0 radical (unpaired) electrons. The molecule has 4 aliphatic carbocycles. The molecule has 4 rings (SSSR count). The highest BCUT2D eigenvalue weighted by atomic mass is 16.5. The molecule has 0 spiro atoms. The van der Waals surface area contributed by atoms with Crippen LogP contribution in [0.3, 0.4) is 0 Å². The van der Waals surface area contributed by atoms with E-state index in [1.807, 2.05) is 0 Å². The van der Waals surface area contributed by atoms with Crippen LogP contribution in [0, 0.1) is 52.3 Å². The fraction of sp³-hybridized carbons (Fsp3) is 0.926. The number of aldehydes is 1. The third kappa shape index (κ3) is 3.56. The van der Waals surface area contributed by atoms with Crippen molar-refractivity contribution < 1.29 is 14.3 Å². The van der Waals surface area contributed by atoms with Gasteiger partial charge in [-0.1, -0.05) is 27.2 Å². The van der Waals surface area contributed by atoms with Gasteiger partial charge in [0, 0.05) is 12.3 Å². The first-order valence-corrected chi connectivity index (χ1v) is 12.9. The predicted molar refractivity (Wildman–Crippen MR) is 120 cm³/mol. The van der Waals surface area contributed by atoms with Crippen LogP contribution in [-0.2, 0) is 14.3 Å². The first-order chi connectivity index (χ1) is 14.4. The van der Waals surface area contributed by atoms with Crippen molar-refractivity contribution in [2.45, 2.75) is 97.8 Å². The van der Waals surface area contributed by atoms with Crippen molar-refractivity contribution in [1.82, 2.24) is 0 Å². The Labute approximate surface area is 184 Å². The molecule has 4 aliphatic rings. The molecule has 0 aromatic heterocycles. The molecule has 0 bridgehead atoms. The second kappa shape index (κ2) is 8.58. The molecule has 0 heterocycles. The normalized spacial score (nSPS) is 47.7. The molecule has 0 N–H and O–H groups in total. The molecule has 9 atom stereocenters. The van der Waals surface area contributed by atoms with Crippen LogP contribution >= 0.6 is 0 Å². The Morgan fingerprint density at radius 1 is 1.00 bits per heavy atom. The lowest BCUT2D eigenvalue weighted by molar-refractivity contribution is -0.147. The zero-order chi connectivity index (χ0) is 21.5. The number of esters is 1. The van der Waals surface area contributed by atoms with Crippen LogP contribution < -0.4 is 0 Å². The van der Waals surface area contributed by atoms with Gasteiger partial charge in [-0.3, -0.25) is 4.79 Å². The van der Waals surface area contributed by atoms with Gasteiger partial charge in [-0.2, -0.15) is 0 Å². The Morgan fingerprint density at radius 2 is 1.73 bits per heavy atom. The summed E-state index contributed by atoms with van der Waals surface area (Å²) in [5.41, 5.74) is 0.923. The van der Waals surface area contributed by atoms with Gasteiger partial charge in [0.15, 0.2) is 0 Å². The minimum Gasteiger partial charge on any atom is -0.469 e. The quantitative estimate of drug-likeness (QED) is 0.370. The number of carbonyl (C=O) groups excluding carboxylic acids is 2. The van der Waals surface area contributed by atoms with E-state index in [1.54, 1.807) is 0 Å². The van der Waals surface area contributed by atoms with Crippen LogP contribution in [0.2, 0.25) is 0 Å². The van der Waals surface area contributed by atoms with E-state index < -0.39 is 0 Å². The monoisotopic (exact) mass is 416 g/mol. The number of rotatable bonds is 6. The van der Waals surface area contributed by atoms with E-state index in [1.165, 1.54) is 64.8 Å². The van der Waals surface area contributed by atoms with Gasteiger partial charge < -0.3 is 9.53 Å². The standard InChI is InChI=1S/C27H44O3/c1-5-19-16-21-22-10-9-20(7-6-8-25(29)30-4)26(22,2)14-12-23(21)27(3)13-11-18(17-28)15-24(19)27/h17-24H,5-16H2,1-4H3/t18?,19-,20?,21?,22?,23-,24?,26?,27?/m0/s1. The van der Waals surface area contributed by atoms with E-state index >= 15 is 0 Å². The maximum Gasteiger partial charge on any atom is 0.305 e. The van der Waals surface area contributed by atoms with Gasteiger partial charge in [0.2, 0.25) is 0 Å². The third-order valence-electron chi connectivity index (χ3n) is 11.0. The molecule has 4 saturated carbocycles. The number of ether oxygens (including phenoxy) is 1. The molecular weight excluding hydrogens is 372 g/mol.